The third-order valence-corrected chi connectivity index (χ3v) is 3.46. The monoisotopic (exact) mass is 297 g/mol. The van der Waals surface area contributed by atoms with Crippen molar-refractivity contribution < 1.29 is 9.59 Å². The van der Waals surface area contributed by atoms with Crippen molar-refractivity contribution in [2.24, 2.45) is 5.73 Å². The second kappa shape index (κ2) is 6.72. The molecular formula is C14H20ClN3O2. The Balaban J connectivity index is 0.00000200. The van der Waals surface area contributed by atoms with Gasteiger partial charge in [0.1, 0.15) is 0 Å². The molecule has 0 spiro atoms. The van der Waals surface area contributed by atoms with E-state index in [-0.39, 0.29) is 30.8 Å². The molecule has 1 aromatic rings. The van der Waals surface area contributed by atoms with Crippen molar-refractivity contribution >= 4 is 29.9 Å². The summed E-state index contributed by atoms with van der Waals surface area (Å²) in [5, 5.41) is 2.74. The third-order valence-electron chi connectivity index (χ3n) is 3.46. The van der Waals surface area contributed by atoms with Crippen LogP contribution in [0, 0.1) is 0 Å². The largest absolute Gasteiger partial charge is 0.335 e. The second-order valence-electron chi connectivity index (χ2n) is 5.09. The maximum absolute atomic E-state index is 12.1. The third kappa shape index (κ3) is 3.71. The van der Waals surface area contributed by atoms with Gasteiger partial charge in [-0.1, -0.05) is 18.2 Å². The van der Waals surface area contributed by atoms with Gasteiger partial charge in [-0.05, 0) is 31.4 Å². The Kier molecular flexibility index (Phi) is 5.53. The highest BCUT2D eigenvalue weighted by molar-refractivity contribution is 5.96. The van der Waals surface area contributed by atoms with E-state index in [0.29, 0.717) is 12.8 Å². The van der Waals surface area contributed by atoms with Crippen LogP contribution in [0.3, 0.4) is 0 Å². The van der Waals surface area contributed by atoms with Crippen LogP contribution in [-0.4, -0.2) is 35.8 Å². The van der Waals surface area contributed by atoms with Gasteiger partial charge < -0.3 is 16.0 Å². The summed E-state index contributed by atoms with van der Waals surface area (Å²) in [4.78, 5) is 25.3. The molecule has 2 rings (SSSR count). The smallest absolute Gasteiger partial charge is 0.243 e. The first-order valence-electron chi connectivity index (χ1n) is 6.41. The topological polar surface area (TPSA) is 75.4 Å². The lowest BCUT2D eigenvalue weighted by Gasteiger charge is -2.39. The number of hydrogen-bond donors (Lipinski definition) is 2. The Bertz CT molecular complexity index is 475. The molecule has 0 radical (unpaired) electrons. The summed E-state index contributed by atoms with van der Waals surface area (Å²) in [7, 11) is 1.61. The Labute approximate surface area is 124 Å². The molecule has 0 bridgehead atoms. The normalized spacial score (nSPS) is 15.5. The molecule has 20 heavy (non-hydrogen) atoms. The number of benzene rings is 1. The highest BCUT2D eigenvalue weighted by Gasteiger charge is 2.42. The van der Waals surface area contributed by atoms with Crippen LogP contribution in [0.2, 0.25) is 0 Å². The number of anilines is 1. The van der Waals surface area contributed by atoms with Gasteiger partial charge in [0.2, 0.25) is 11.8 Å². The van der Waals surface area contributed by atoms with Gasteiger partial charge in [-0.3, -0.25) is 9.59 Å². The number of para-hydroxylation sites is 1. The summed E-state index contributed by atoms with van der Waals surface area (Å²) >= 11 is 0. The fourth-order valence-corrected chi connectivity index (χ4v) is 2.16. The lowest BCUT2D eigenvalue weighted by molar-refractivity contribution is -0.141. The number of carbonyl (C=O) groups is 2. The lowest BCUT2D eigenvalue weighted by atomic mass is 9.76. The minimum atomic E-state index is -0.748. The van der Waals surface area contributed by atoms with Crippen LogP contribution < -0.4 is 11.1 Å². The van der Waals surface area contributed by atoms with Crippen LogP contribution in [0.1, 0.15) is 19.3 Å². The summed E-state index contributed by atoms with van der Waals surface area (Å²) in [5.41, 5.74) is 5.93. The van der Waals surface area contributed by atoms with Crippen molar-refractivity contribution in [1.82, 2.24) is 4.90 Å². The summed E-state index contributed by atoms with van der Waals surface area (Å²) in [6.07, 6.45) is 2.39. The van der Waals surface area contributed by atoms with E-state index in [9.17, 15) is 9.59 Å². The van der Waals surface area contributed by atoms with Gasteiger partial charge in [-0.25, -0.2) is 0 Å². The molecule has 1 aliphatic rings. The minimum Gasteiger partial charge on any atom is -0.335 e. The number of rotatable bonds is 4. The molecule has 0 aliphatic heterocycles. The van der Waals surface area contributed by atoms with Crippen molar-refractivity contribution in [2.45, 2.75) is 24.8 Å². The SMILES string of the molecule is CN(CC(=O)Nc1ccccc1)C(=O)C1(N)CCC1.Cl. The maximum atomic E-state index is 12.1. The number of amides is 2. The fraction of sp³-hybridized carbons (Fsp3) is 0.429. The molecule has 2 amide bonds. The van der Waals surface area contributed by atoms with Gasteiger partial charge in [-0.15, -0.1) is 12.4 Å². The number of nitrogens with two attached hydrogens (primary N) is 1. The molecule has 110 valence electrons. The van der Waals surface area contributed by atoms with E-state index in [1.54, 1.807) is 19.2 Å². The molecule has 1 saturated carbocycles. The fourth-order valence-electron chi connectivity index (χ4n) is 2.16. The first-order valence-corrected chi connectivity index (χ1v) is 6.41. The van der Waals surface area contributed by atoms with Gasteiger partial charge >= 0.3 is 0 Å². The summed E-state index contributed by atoms with van der Waals surface area (Å²) in [6, 6.07) is 9.16. The predicted octanol–water partition coefficient (Wildman–Crippen LogP) is 1.39. The van der Waals surface area contributed by atoms with E-state index in [1.807, 2.05) is 18.2 Å². The van der Waals surface area contributed by atoms with E-state index in [4.69, 9.17) is 5.73 Å². The number of halogens is 1. The molecule has 3 N–H and O–H groups in total. The van der Waals surface area contributed by atoms with Crippen LogP contribution in [0.5, 0.6) is 0 Å². The van der Waals surface area contributed by atoms with Crippen molar-refractivity contribution in [2.75, 3.05) is 18.9 Å². The van der Waals surface area contributed by atoms with E-state index < -0.39 is 5.54 Å². The van der Waals surface area contributed by atoms with Crippen molar-refractivity contribution in [3.05, 3.63) is 30.3 Å². The summed E-state index contributed by atoms with van der Waals surface area (Å²) in [6.45, 7) is 0.0205. The van der Waals surface area contributed by atoms with Crippen molar-refractivity contribution in [3.8, 4) is 0 Å². The molecule has 6 heteroatoms. The average molecular weight is 298 g/mol. The van der Waals surface area contributed by atoms with Crippen molar-refractivity contribution in [3.63, 3.8) is 0 Å². The number of nitrogens with zero attached hydrogens (tertiary/aromatic N) is 1. The van der Waals surface area contributed by atoms with Crippen LogP contribution in [0.4, 0.5) is 5.69 Å². The van der Waals surface area contributed by atoms with E-state index >= 15 is 0 Å². The van der Waals surface area contributed by atoms with Crippen LogP contribution in [0.25, 0.3) is 0 Å². The standard InChI is InChI=1S/C14H19N3O2.ClH/c1-17(13(19)14(15)8-5-9-14)10-12(18)16-11-6-3-2-4-7-11;/h2-4,6-7H,5,8-10,15H2,1H3,(H,16,18);1H. The number of likely N-dealkylation sites (N-methyl/N-ethyl adjacent to an activating group) is 1. The lowest BCUT2D eigenvalue weighted by Crippen LogP contribution is -2.59. The Hall–Kier alpha value is -1.59. The predicted molar refractivity (Wildman–Crippen MR) is 80.7 cm³/mol. The minimum absolute atomic E-state index is 0. The molecule has 5 nitrogen and oxygen atoms in total. The van der Waals surface area contributed by atoms with Crippen LogP contribution in [-0.2, 0) is 9.59 Å². The molecular weight excluding hydrogens is 278 g/mol. The van der Waals surface area contributed by atoms with Gasteiger partial charge in [0.05, 0.1) is 12.1 Å². The van der Waals surface area contributed by atoms with Crippen molar-refractivity contribution in [1.29, 1.82) is 0 Å². The Morgan fingerprint density at radius 1 is 1.30 bits per heavy atom. The number of carbonyl (C=O) groups excluding carboxylic acids is 2. The van der Waals surface area contributed by atoms with Crippen LogP contribution >= 0.6 is 12.4 Å². The zero-order chi connectivity index (χ0) is 13.9. The summed E-state index contributed by atoms with van der Waals surface area (Å²) < 4.78 is 0. The van der Waals surface area contributed by atoms with Gasteiger partial charge in [0.25, 0.3) is 0 Å². The van der Waals surface area contributed by atoms with Crippen LogP contribution in [0.15, 0.2) is 30.3 Å². The molecule has 1 fully saturated rings. The molecule has 1 aliphatic carbocycles. The zero-order valence-electron chi connectivity index (χ0n) is 11.5. The Morgan fingerprint density at radius 2 is 1.90 bits per heavy atom. The van der Waals surface area contributed by atoms with E-state index in [1.165, 1.54) is 4.90 Å². The van der Waals surface area contributed by atoms with E-state index in [0.717, 1.165) is 12.1 Å². The van der Waals surface area contributed by atoms with Gasteiger partial charge in [0.15, 0.2) is 0 Å². The van der Waals surface area contributed by atoms with Gasteiger partial charge in [-0.2, -0.15) is 0 Å². The molecule has 1 aromatic carbocycles. The molecule has 0 aromatic heterocycles. The first-order chi connectivity index (χ1) is 9.01. The van der Waals surface area contributed by atoms with E-state index in [2.05, 4.69) is 5.32 Å². The molecule has 0 atom stereocenters. The molecule has 0 saturated heterocycles. The maximum Gasteiger partial charge on any atom is 0.243 e. The zero-order valence-corrected chi connectivity index (χ0v) is 12.3. The number of hydrogen-bond acceptors (Lipinski definition) is 3. The molecule has 0 unspecified atom stereocenters. The highest BCUT2D eigenvalue weighted by Crippen LogP contribution is 2.30. The summed E-state index contributed by atoms with van der Waals surface area (Å²) in [5.74, 6) is -0.369. The van der Waals surface area contributed by atoms with Gasteiger partial charge in [0, 0.05) is 12.7 Å². The first kappa shape index (κ1) is 16.5. The molecule has 0 heterocycles. The number of nitrogens with one attached hydrogen (secondary N) is 1. The Morgan fingerprint density at radius 3 is 2.40 bits per heavy atom. The average Bonchev–Trinajstić information content (AvgIpc) is 2.36. The second-order valence-corrected chi connectivity index (χ2v) is 5.09. The quantitative estimate of drug-likeness (QED) is 0.882. The highest BCUT2D eigenvalue weighted by atomic mass is 35.5.